The summed E-state index contributed by atoms with van der Waals surface area (Å²) in [7, 11) is 1.64. The molecule has 0 bridgehead atoms. The average Bonchev–Trinajstić information content (AvgIpc) is 2.85. The Hall–Kier alpha value is -2.99. The van der Waals surface area contributed by atoms with Gasteiger partial charge in [-0.2, -0.15) is 0 Å². The third-order valence-electron chi connectivity index (χ3n) is 5.96. The molecule has 1 aliphatic heterocycles. The monoisotopic (exact) mass is 517 g/mol. The topological polar surface area (TPSA) is 86.0 Å². The number of rotatable bonds is 10. The van der Waals surface area contributed by atoms with E-state index in [2.05, 4.69) is 22.1 Å². The van der Waals surface area contributed by atoms with Crippen LogP contribution >= 0.6 is 11.6 Å². The number of likely N-dealkylation sites (tertiary alicyclic amines) is 1. The van der Waals surface area contributed by atoms with E-state index >= 15 is 0 Å². The van der Waals surface area contributed by atoms with Crippen molar-refractivity contribution in [3.8, 4) is 23.3 Å². The van der Waals surface area contributed by atoms with Crippen molar-refractivity contribution in [3.05, 3.63) is 52.8 Å². The van der Waals surface area contributed by atoms with E-state index in [9.17, 15) is 9.18 Å². The highest BCUT2D eigenvalue weighted by Gasteiger charge is 2.31. The summed E-state index contributed by atoms with van der Waals surface area (Å²) < 4.78 is 30.2. The van der Waals surface area contributed by atoms with E-state index in [0.717, 1.165) is 25.9 Å². The van der Waals surface area contributed by atoms with Crippen molar-refractivity contribution in [2.45, 2.75) is 44.9 Å². The molecular formula is C27H33ClFN3O4. The summed E-state index contributed by atoms with van der Waals surface area (Å²) in [6, 6.07) is 8.89. The second kappa shape index (κ2) is 13.4. The Morgan fingerprint density at radius 3 is 2.78 bits per heavy atom. The van der Waals surface area contributed by atoms with Crippen molar-refractivity contribution in [1.82, 2.24) is 10.2 Å². The molecule has 3 atom stereocenters. The zero-order valence-corrected chi connectivity index (χ0v) is 21.6. The lowest BCUT2D eigenvalue weighted by Crippen LogP contribution is -2.55. The molecule has 7 nitrogen and oxygen atoms in total. The largest absolute Gasteiger partial charge is 0.494 e. The number of amides is 1. The van der Waals surface area contributed by atoms with Crippen LogP contribution in [0.2, 0.25) is 5.02 Å². The van der Waals surface area contributed by atoms with Crippen molar-refractivity contribution in [3.63, 3.8) is 0 Å². The Morgan fingerprint density at radius 1 is 1.33 bits per heavy atom. The van der Waals surface area contributed by atoms with Gasteiger partial charge in [-0.1, -0.05) is 17.5 Å². The molecule has 194 valence electrons. The molecule has 1 heterocycles. The number of hydrogen-bond donors (Lipinski definition) is 2. The number of carbonyl (C=O) groups is 1. The lowest BCUT2D eigenvalue weighted by atomic mass is 10.0. The molecule has 0 unspecified atom stereocenters. The number of carbonyl (C=O) groups excluding carboxylic acids is 1. The Balaban J connectivity index is 1.55. The molecule has 0 spiro atoms. The molecule has 1 aliphatic rings. The number of methoxy groups -OCH3 is 1. The number of benzene rings is 2. The molecule has 0 aliphatic carbocycles. The van der Waals surface area contributed by atoms with Gasteiger partial charge in [-0.15, -0.1) is 5.92 Å². The SMILES string of the molecule is CC#C[C@H](C)Oc1cc(N)c(Cl)cc1C(=O)N[C@@H]1CCN(CCCOc2ccc(F)cc2)C[C@@H]1OC. The molecular weight excluding hydrogens is 485 g/mol. The highest BCUT2D eigenvalue weighted by molar-refractivity contribution is 6.33. The predicted octanol–water partition coefficient (Wildman–Crippen LogP) is 4.14. The van der Waals surface area contributed by atoms with E-state index in [-0.39, 0.29) is 28.9 Å². The normalized spacial score (nSPS) is 18.6. The van der Waals surface area contributed by atoms with Crippen LogP contribution in [0.5, 0.6) is 11.5 Å². The van der Waals surface area contributed by atoms with Crippen molar-refractivity contribution < 1.29 is 23.4 Å². The molecule has 1 amide bonds. The fraction of sp³-hybridized carbons (Fsp3) is 0.444. The van der Waals surface area contributed by atoms with Crippen LogP contribution in [0, 0.1) is 17.7 Å². The van der Waals surface area contributed by atoms with E-state index in [4.69, 9.17) is 31.5 Å². The van der Waals surface area contributed by atoms with Crippen LogP contribution in [0.25, 0.3) is 0 Å². The Morgan fingerprint density at radius 2 is 2.08 bits per heavy atom. The summed E-state index contributed by atoms with van der Waals surface area (Å²) in [6.45, 7) is 6.35. The summed E-state index contributed by atoms with van der Waals surface area (Å²) in [5, 5.41) is 3.36. The second-order valence-corrected chi connectivity index (χ2v) is 9.03. The lowest BCUT2D eigenvalue weighted by molar-refractivity contribution is 0.00526. The Bertz CT molecular complexity index is 1090. The van der Waals surface area contributed by atoms with Crippen LogP contribution in [0.4, 0.5) is 10.1 Å². The summed E-state index contributed by atoms with van der Waals surface area (Å²) in [5.41, 5.74) is 6.57. The number of nitrogens with one attached hydrogen (secondary N) is 1. The molecule has 0 saturated carbocycles. The number of ether oxygens (including phenoxy) is 3. The Labute approximate surface area is 217 Å². The number of nitrogen functional groups attached to an aromatic ring is 1. The highest BCUT2D eigenvalue weighted by atomic mass is 35.5. The summed E-state index contributed by atoms with van der Waals surface area (Å²) in [4.78, 5) is 15.5. The van der Waals surface area contributed by atoms with Crippen molar-refractivity contribution >= 4 is 23.2 Å². The van der Waals surface area contributed by atoms with Gasteiger partial charge in [0, 0.05) is 32.8 Å². The van der Waals surface area contributed by atoms with Gasteiger partial charge in [-0.25, -0.2) is 4.39 Å². The van der Waals surface area contributed by atoms with Gasteiger partial charge in [0.2, 0.25) is 0 Å². The first-order valence-corrected chi connectivity index (χ1v) is 12.3. The lowest BCUT2D eigenvalue weighted by Gasteiger charge is -2.38. The van der Waals surface area contributed by atoms with Crippen LogP contribution in [0.3, 0.4) is 0 Å². The molecule has 36 heavy (non-hydrogen) atoms. The smallest absolute Gasteiger partial charge is 0.255 e. The van der Waals surface area contributed by atoms with Gasteiger partial charge in [0.25, 0.3) is 5.91 Å². The van der Waals surface area contributed by atoms with Gasteiger partial charge in [-0.05, 0) is 57.0 Å². The van der Waals surface area contributed by atoms with Crippen LogP contribution < -0.4 is 20.5 Å². The second-order valence-electron chi connectivity index (χ2n) is 8.62. The first-order chi connectivity index (χ1) is 17.3. The van der Waals surface area contributed by atoms with Crippen LogP contribution in [-0.2, 0) is 4.74 Å². The number of anilines is 1. The maximum atomic E-state index is 13.2. The maximum Gasteiger partial charge on any atom is 0.255 e. The van der Waals surface area contributed by atoms with Gasteiger partial charge in [0.15, 0.2) is 6.10 Å². The summed E-state index contributed by atoms with van der Waals surface area (Å²) >= 11 is 6.21. The molecule has 0 radical (unpaired) electrons. The van der Waals surface area contributed by atoms with Crippen molar-refractivity contribution in [2.75, 3.05) is 39.1 Å². The number of nitrogens with zero attached hydrogens (tertiary/aromatic N) is 1. The number of piperidine rings is 1. The quantitative estimate of drug-likeness (QED) is 0.280. The standard InChI is InChI=1S/C27H33ClFN3O4/c1-4-6-18(2)36-25-16-23(30)22(28)15-21(25)27(33)31-24-11-13-32(17-26(24)34-3)12-5-14-35-20-9-7-19(29)8-10-20/h7-10,15-16,18,24,26H,5,11-14,17,30H2,1-3H3,(H,31,33)/t18-,24+,26-/m0/s1. The molecule has 0 aromatic heterocycles. The van der Waals surface area contributed by atoms with Crippen LogP contribution in [0.1, 0.15) is 37.0 Å². The first-order valence-electron chi connectivity index (χ1n) is 11.9. The van der Waals surface area contributed by atoms with Crippen molar-refractivity contribution in [1.29, 1.82) is 0 Å². The van der Waals surface area contributed by atoms with Gasteiger partial charge < -0.3 is 30.2 Å². The van der Waals surface area contributed by atoms with Crippen molar-refractivity contribution in [2.24, 2.45) is 0 Å². The van der Waals surface area contributed by atoms with E-state index in [0.29, 0.717) is 35.9 Å². The zero-order chi connectivity index (χ0) is 26.1. The molecule has 2 aromatic carbocycles. The fourth-order valence-electron chi connectivity index (χ4n) is 4.11. The van der Waals surface area contributed by atoms with Crippen LogP contribution in [-0.4, -0.2) is 62.4 Å². The average molecular weight is 518 g/mol. The Kier molecular flexibility index (Phi) is 10.2. The van der Waals surface area contributed by atoms with E-state index < -0.39 is 6.10 Å². The van der Waals surface area contributed by atoms with Gasteiger partial charge in [0.05, 0.1) is 35.0 Å². The number of halogens is 2. The summed E-state index contributed by atoms with van der Waals surface area (Å²) in [6.07, 6.45) is 0.942. The predicted molar refractivity (Wildman–Crippen MR) is 139 cm³/mol. The van der Waals surface area contributed by atoms with E-state index in [1.165, 1.54) is 18.2 Å². The third kappa shape index (κ3) is 7.76. The van der Waals surface area contributed by atoms with Gasteiger partial charge in [0.1, 0.15) is 17.3 Å². The van der Waals surface area contributed by atoms with Gasteiger partial charge in [-0.3, -0.25) is 4.79 Å². The molecule has 1 fully saturated rings. The highest BCUT2D eigenvalue weighted by Crippen LogP contribution is 2.30. The summed E-state index contributed by atoms with van der Waals surface area (Å²) in [5.74, 6) is 6.08. The molecule has 3 rings (SSSR count). The van der Waals surface area contributed by atoms with Gasteiger partial charge >= 0.3 is 0 Å². The third-order valence-corrected chi connectivity index (χ3v) is 6.29. The molecule has 3 N–H and O–H groups in total. The number of nitrogens with two attached hydrogens (primary N) is 1. The minimum atomic E-state index is -0.413. The molecule has 1 saturated heterocycles. The first kappa shape index (κ1) is 27.6. The minimum Gasteiger partial charge on any atom is -0.494 e. The fourth-order valence-corrected chi connectivity index (χ4v) is 4.27. The van der Waals surface area contributed by atoms with E-state index in [1.54, 1.807) is 39.2 Å². The molecule has 9 heteroatoms. The number of hydrogen-bond acceptors (Lipinski definition) is 6. The zero-order valence-electron chi connectivity index (χ0n) is 20.9. The maximum absolute atomic E-state index is 13.2. The van der Waals surface area contributed by atoms with Crippen LogP contribution in [0.15, 0.2) is 36.4 Å². The van der Waals surface area contributed by atoms with E-state index in [1.807, 2.05) is 0 Å². The molecule has 2 aromatic rings. The minimum absolute atomic E-state index is 0.175.